The standard InChI is InChI=1S/C19H30N2/c1-4-20-19(18-9-14(2)8-15(3)10-18)13-21-11-16-6-5-7-17(16)12-21/h8-10,16-17,19-20H,4-7,11-13H2,1-3H3. The number of hydrogen-bond acceptors (Lipinski definition) is 2. The first-order chi connectivity index (χ1) is 10.2. The van der Waals surface area contributed by atoms with Gasteiger partial charge in [0, 0.05) is 25.7 Å². The van der Waals surface area contributed by atoms with Crippen molar-refractivity contribution in [2.75, 3.05) is 26.2 Å². The summed E-state index contributed by atoms with van der Waals surface area (Å²) in [5.74, 6) is 1.98. The van der Waals surface area contributed by atoms with Crippen molar-refractivity contribution in [1.29, 1.82) is 0 Å². The summed E-state index contributed by atoms with van der Waals surface area (Å²) in [7, 11) is 0. The molecule has 21 heavy (non-hydrogen) atoms. The minimum atomic E-state index is 0.479. The molecule has 2 fully saturated rings. The third kappa shape index (κ3) is 3.49. The molecule has 1 saturated heterocycles. The molecule has 0 spiro atoms. The second-order valence-electron chi connectivity index (χ2n) is 7.20. The number of likely N-dealkylation sites (N-methyl/N-ethyl adjacent to an activating group) is 1. The van der Waals surface area contributed by atoms with Crippen LogP contribution in [0.3, 0.4) is 0 Å². The highest BCUT2D eigenvalue weighted by molar-refractivity contribution is 5.31. The predicted octanol–water partition coefficient (Wildman–Crippen LogP) is 3.69. The van der Waals surface area contributed by atoms with Crippen molar-refractivity contribution >= 4 is 0 Å². The molecule has 0 bridgehead atoms. The van der Waals surface area contributed by atoms with Crippen molar-refractivity contribution < 1.29 is 0 Å². The number of aryl methyl sites for hydroxylation is 2. The van der Waals surface area contributed by atoms with Gasteiger partial charge < -0.3 is 10.2 Å². The average molecular weight is 286 g/mol. The number of benzene rings is 1. The lowest BCUT2D eigenvalue weighted by molar-refractivity contribution is 0.274. The molecule has 2 nitrogen and oxygen atoms in total. The molecule has 0 aromatic heterocycles. The minimum Gasteiger partial charge on any atom is -0.309 e. The quantitative estimate of drug-likeness (QED) is 0.888. The first kappa shape index (κ1) is 15.1. The molecule has 0 amide bonds. The normalized spacial score (nSPS) is 27.0. The number of likely N-dealkylation sites (tertiary alicyclic amines) is 1. The fourth-order valence-electron chi connectivity index (χ4n) is 4.48. The van der Waals surface area contributed by atoms with Crippen molar-refractivity contribution in [2.24, 2.45) is 11.8 Å². The molecule has 1 aliphatic heterocycles. The Kier molecular flexibility index (Phi) is 4.66. The molecule has 1 saturated carbocycles. The molecule has 116 valence electrons. The average Bonchev–Trinajstić information content (AvgIpc) is 2.97. The van der Waals surface area contributed by atoms with Gasteiger partial charge in [-0.2, -0.15) is 0 Å². The summed E-state index contributed by atoms with van der Waals surface area (Å²) in [5, 5.41) is 3.70. The topological polar surface area (TPSA) is 15.3 Å². The van der Waals surface area contributed by atoms with Gasteiger partial charge in [-0.25, -0.2) is 0 Å². The maximum absolute atomic E-state index is 3.70. The lowest BCUT2D eigenvalue weighted by atomic mass is 10.0. The van der Waals surface area contributed by atoms with E-state index in [1.807, 2.05) is 0 Å². The van der Waals surface area contributed by atoms with Crippen molar-refractivity contribution in [3.05, 3.63) is 34.9 Å². The van der Waals surface area contributed by atoms with Crippen LogP contribution in [0.5, 0.6) is 0 Å². The Balaban J connectivity index is 1.69. The zero-order valence-electron chi connectivity index (χ0n) is 13.9. The summed E-state index contributed by atoms with van der Waals surface area (Å²) in [4.78, 5) is 2.71. The van der Waals surface area contributed by atoms with Gasteiger partial charge in [0.25, 0.3) is 0 Å². The third-order valence-electron chi connectivity index (χ3n) is 5.34. The zero-order chi connectivity index (χ0) is 14.8. The molecular weight excluding hydrogens is 256 g/mol. The second kappa shape index (κ2) is 6.50. The van der Waals surface area contributed by atoms with Crippen molar-refractivity contribution in [3.63, 3.8) is 0 Å². The van der Waals surface area contributed by atoms with Gasteiger partial charge in [0.1, 0.15) is 0 Å². The highest BCUT2D eigenvalue weighted by atomic mass is 15.2. The number of nitrogens with one attached hydrogen (secondary N) is 1. The van der Waals surface area contributed by atoms with E-state index in [1.165, 1.54) is 55.6 Å². The van der Waals surface area contributed by atoms with Gasteiger partial charge in [-0.05, 0) is 50.6 Å². The Morgan fingerprint density at radius 3 is 2.29 bits per heavy atom. The van der Waals surface area contributed by atoms with Crippen LogP contribution < -0.4 is 5.32 Å². The monoisotopic (exact) mass is 286 g/mol. The molecular formula is C19H30N2. The van der Waals surface area contributed by atoms with Gasteiger partial charge in [-0.3, -0.25) is 0 Å². The van der Waals surface area contributed by atoms with Crippen LogP contribution in [0.2, 0.25) is 0 Å². The second-order valence-corrected chi connectivity index (χ2v) is 7.20. The molecule has 1 aromatic rings. The van der Waals surface area contributed by atoms with E-state index < -0.39 is 0 Å². The molecule has 1 heterocycles. The van der Waals surface area contributed by atoms with Crippen LogP contribution in [0.25, 0.3) is 0 Å². The Morgan fingerprint density at radius 2 is 1.71 bits per heavy atom. The van der Waals surface area contributed by atoms with Crippen molar-refractivity contribution in [2.45, 2.75) is 46.1 Å². The van der Waals surface area contributed by atoms with Crippen LogP contribution in [-0.2, 0) is 0 Å². The largest absolute Gasteiger partial charge is 0.309 e. The summed E-state index contributed by atoms with van der Waals surface area (Å²) in [5.41, 5.74) is 4.23. The summed E-state index contributed by atoms with van der Waals surface area (Å²) in [6.45, 7) is 11.5. The summed E-state index contributed by atoms with van der Waals surface area (Å²) in [6.07, 6.45) is 4.41. The number of rotatable bonds is 5. The van der Waals surface area contributed by atoms with Gasteiger partial charge in [0.2, 0.25) is 0 Å². The van der Waals surface area contributed by atoms with Crippen molar-refractivity contribution in [3.8, 4) is 0 Å². The molecule has 2 aliphatic rings. The van der Waals surface area contributed by atoms with E-state index in [1.54, 1.807) is 0 Å². The molecule has 1 aromatic carbocycles. The lowest BCUT2D eigenvalue weighted by Crippen LogP contribution is -2.34. The molecule has 2 heteroatoms. The maximum atomic E-state index is 3.70. The van der Waals surface area contributed by atoms with Crippen LogP contribution in [-0.4, -0.2) is 31.1 Å². The fraction of sp³-hybridized carbons (Fsp3) is 0.684. The SMILES string of the molecule is CCNC(CN1CC2CCCC2C1)c1cc(C)cc(C)c1. The van der Waals surface area contributed by atoms with Gasteiger partial charge in [-0.1, -0.05) is 42.7 Å². The van der Waals surface area contributed by atoms with Crippen LogP contribution in [0.1, 0.15) is 48.9 Å². The molecule has 1 aliphatic carbocycles. The number of nitrogens with zero attached hydrogens (tertiary/aromatic N) is 1. The molecule has 1 N–H and O–H groups in total. The Labute approximate surface area is 129 Å². The van der Waals surface area contributed by atoms with Crippen LogP contribution in [0.15, 0.2) is 18.2 Å². The number of hydrogen-bond donors (Lipinski definition) is 1. The summed E-state index contributed by atoms with van der Waals surface area (Å²) >= 11 is 0. The highest BCUT2D eigenvalue weighted by Crippen LogP contribution is 2.38. The minimum absolute atomic E-state index is 0.479. The Bertz CT molecular complexity index is 450. The third-order valence-corrected chi connectivity index (χ3v) is 5.34. The van der Waals surface area contributed by atoms with E-state index in [0.29, 0.717) is 6.04 Å². The zero-order valence-corrected chi connectivity index (χ0v) is 13.9. The lowest BCUT2D eigenvalue weighted by Gasteiger charge is -2.26. The van der Waals surface area contributed by atoms with Gasteiger partial charge in [-0.15, -0.1) is 0 Å². The molecule has 0 radical (unpaired) electrons. The molecule has 3 rings (SSSR count). The van der Waals surface area contributed by atoms with E-state index in [0.717, 1.165) is 18.4 Å². The fourth-order valence-corrected chi connectivity index (χ4v) is 4.48. The molecule has 3 unspecified atom stereocenters. The van der Waals surface area contributed by atoms with E-state index in [-0.39, 0.29) is 0 Å². The van der Waals surface area contributed by atoms with Crippen LogP contribution >= 0.6 is 0 Å². The summed E-state index contributed by atoms with van der Waals surface area (Å²) in [6, 6.07) is 7.47. The first-order valence-corrected chi connectivity index (χ1v) is 8.69. The van der Waals surface area contributed by atoms with E-state index in [2.05, 4.69) is 49.2 Å². The Hall–Kier alpha value is -0.860. The van der Waals surface area contributed by atoms with E-state index in [4.69, 9.17) is 0 Å². The van der Waals surface area contributed by atoms with Crippen LogP contribution in [0, 0.1) is 25.7 Å². The molecule has 3 atom stereocenters. The smallest absolute Gasteiger partial charge is 0.0449 e. The Morgan fingerprint density at radius 1 is 1.10 bits per heavy atom. The first-order valence-electron chi connectivity index (χ1n) is 8.69. The van der Waals surface area contributed by atoms with E-state index >= 15 is 0 Å². The van der Waals surface area contributed by atoms with Gasteiger partial charge in [0.15, 0.2) is 0 Å². The van der Waals surface area contributed by atoms with Crippen molar-refractivity contribution in [1.82, 2.24) is 10.2 Å². The van der Waals surface area contributed by atoms with Gasteiger partial charge >= 0.3 is 0 Å². The van der Waals surface area contributed by atoms with Crippen LogP contribution in [0.4, 0.5) is 0 Å². The summed E-state index contributed by atoms with van der Waals surface area (Å²) < 4.78 is 0. The predicted molar refractivity (Wildman–Crippen MR) is 89.6 cm³/mol. The maximum Gasteiger partial charge on any atom is 0.0449 e. The number of fused-ring (bicyclic) bond motifs is 1. The van der Waals surface area contributed by atoms with E-state index in [9.17, 15) is 0 Å². The highest BCUT2D eigenvalue weighted by Gasteiger charge is 2.36. The van der Waals surface area contributed by atoms with Gasteiger partial charge in [0.05, 0.1) is 0 Å².